The Balaban J connectivity index is 0. The maximum absolute atomic E-state index is 4.81. The molecule has 0 spiro atoms. The molecule has 0 nitrogen and oxygen atoms in total. The van der Waals surface area contributed by atoms with Crippen LogP contribution in [0.3, 0.4) is 0 Å². The van der Waals surface area contributed by atoms with Crippen molar-refractivity contribution in [3.63, 3.8) is 0 Å². The summed E-state index contributed by atoms with van der Waals surface area (Å²) in [6.07, 6.45) is 8.49. The van der Waals surface area contributed by atoms with Gasteiger partial charge in [-0.05, 0) is 0 Å². The molecule has 0 heterocycles. The maximum Gasteiger partial charge on any atom is 0.180 e. The van der Waals surface area contributed by atoms with Crippen molar-refractivity contribution in [2.75, 3.05) is 0 Å². The van der Waals surface area contributed by atoms with E-state index in [0.717, 1.165) is 0 Å². The van der Waals surface area contributed by atoms with Crippen LogP contribution >= 0.6 is 34.8 Å². The lowest BCUT2D eigenvalue weighted by Gasteiger charge is -1.93. The number of rotatable bonds is 5. The molecular formula is C9H19Cl3. The van der Waals surface area contributed by atoms with Crippen molar-refractivity contribution < 1.29 is 0 Å². The van der Waals surface area contributed by atoms with Crippen molar-refractivity contribution in [1.82, 2.24) is 0 Å². The molecule has 0 amide bonds. The van der Waals surface area contributed by atoms with E-state index in [1.165, 1.54) is 38.5 Å². The summed E-state index contributed by atoms with van der Waals surface area (Å²) in [5.41, 5.74) is 0. The Morgan fingerprint density at radius 2 is 1.00 bits per heavy atom. The minimum atomic E-state index is -0.750. The SMILES string of the molecule is CCCCCCCC.ClC(Cl)Cl. The molecule has 0 aliphatic carbocycles. The summed E-state index contributed by atoms with van der Waals surface area (Å²) in [7, 11) is 0. The second-order valence-electron chi connectivity index (χ2n) is 2.66. The molecule has 12 heavy (non-hydrogen) atoms. The fourth-order valence-corrected chi connectivity index (χ4v) is 0.854. The molecular weight excluding hydrogens is 214 g/mol. The van der Waals surface area contributed by atoms with Crippen molar-refractivity contribution in [3.05, 3.63) is 0 Å². The average Bonchev–Trinajstić information content (AvgIpc) is 1.97. The van der Waals surface area contributed by atoms with Gasteiger partial charge in [-0.2, -0.15) is 0 Å². The van der Waals surface area contributed by atoms with Gasteiger partial charge in [0.2, 0.25) is 0 Å². The Labute approximate surface area is 91.6 Å². The first-order valence-corrected chi connectivity index (χ1v) is 5.88. The van der Waals surface area contributed by atoms with Gasteiger partial charge in [0, 0.05) is 0 Å². The average molecular weight is 234 g/mol. The quantitative estimate of drug-likeness (QED) is 0.443. The summed E-state index contributed by atoms with van der Waals surface area (Å²) < 4.78 is -0.750. The van der Waals surface area contributed by atoms with E-state index in [1.807, 2.05) is 0 Å². The van der Waals surface area contributed by atoms with Crippen LogP contribution < -0.4 is 0 Å². The number of unbranched alkanes of at least 4 members (excludes halogenated alkanes) is 5. The molecule has 0 fully saturated rings. The molecule has 0 N–H and O–H groups in total. The summed E-state index contributed by atoms with van der Waals surface area (Å²) in [5.74, 6) is 0. The van der Waals surface area contributed by atoms with Gasteiger partial charge in [-0.3, -0.25) is 0 Å². The first kappa shape index (κ1) is 15.3. The van der Waals surface area contributed by atoms with Gasteiger partial charge in [-0.15, -0.1) is 0 Å². The van der Waals surface area contributed by atoms with Crippen LogP contribution in [0.1, 0.15) is 52.4 Å². The fourth-order valence-electron chi connectivity index (χ4n) is 0.854. The molecule has 0 aliphatic rings. The van der Waals surface area contributed by atoms with Gasteiger partial charge in [0.25, 0.3) is 0 Å². The topological polar surface area (TPSA) is 0 Å². The molecule has 76 valence electrons. The number of hydrogen-bond acceptors (Lipinski definition) is 0. The van der Waals surface area contributed by atoms with Crippen LogP contribution in [0.25, 0.3) is 0 Å². The van der Waals surface area contributed by atoms with Crippen LogP contribution in [0.4, 0.5) is 0 Å². The van der Waals surface area contributed by atoms with Crippen molar-refractivity contribution in [3.8, 4) is 0 Å². The van der Waals surface area contributed by atoms with E-state index in [9.17, 15) is 0 Å². The van der Waals surface area contributed by atoms with E-state index in [0.29, 0.717) is 0 Å². The number of hydrogen-bond donors (Lipinski definition) is 0. The van der Waals surface area contributed by atoms with Gasteiger partial charge in [0.1, 0.15) is 0 Å². The Bertz CT molecular complexity index is 56.0. The van der Waals surface area contributed by atoms with Crippen LogP contribution in [0.15, 0.2) is 0 Å². The first-order valence-electron chi connectivity index (χ1n) is 4.57. The zero-order valence-electron chi connectivity index (χ0n) is 7.95. The number of alkyl halides is 3. The molecule has 0 radical (unpaired) electrons. The molecule has 0 saturated heterocycles. The van der Waals surface area contributed by atoms with E-state index >= 15 is 0 Å². The molecule has 0 aromatic rings. The van der Waals surface area contributed by atoms with Crippen LogP contribution in [-0.2, 0) is 0 Å². The Morgan fingerprint density at radius 3 is 1.17 bits per heavy atom. The fraction of sp³-hybridized carbons (Fsp3) is 1.00. The second kappa shape index (κ2) is 14.4. The lowest BCUT2D eigenvalue weighted by Crippen LogP contribution is -1.73. The molecule has 0 unspecified atom stereocenters. The standard InChI is InChI=1S/C8H18.CHCl3/c1-3-5-7-8-6-4-2;2-1(3)4/h3-8H2,1-2H3;1H. The smallest absolute Gasteiger partial charge is 0.0874 e. The summed E-state index contributed by atoms with van der Waals surface area (Å²) >= 11 is 14.4. The predicted molar refractivity (Wildman–Crippen MR) is 60.4 cm³/mol. The molecule has 0 saturated carbocycles. The highest BCUT2D eigenvalue weighted by Crippen LogP contribution is 2.04. The van der Waals surface area contributed by atoms with Crippen molar-refractivity contribution >= 4 is 34.8 Å². The van der Waals surface area contributed by atoms with E-state index in [4.69, 9.17) is 34.8 Å². The van der Waals surface area contributed by atoms with Crippen LogP contribution in [-0.4, -0.2) is 4.30 Å². The Kier molecular flexibility index (Phi) is 18.4. The van der Waals surface area contributed by atoms with E-state index in [2.05, 4.69) is 13.8 Å². The molecule has 0 aliphatic heterocycles. The van der Waals surface area contributed by atoms with E-state index in [-0.39, 0.29) is 0 Å². The highest BCUT2D eigenvalue weighted by Gasteiger charge is 1.83. The van der Waals surface area contributed by atoms with Crippen molar-refractivity contribution in [1.29, 1.82) is 0 Å². The van der Waals surface area contributed by atoms with Crippen LogP contribution in [0.5, 0.6) is 0 Å². The summed E-state index contributed by atoms with van der Waals surface area (Å²) in [4.78, 5) is 0. The van der Waals surface area contributed by atoms with E-state index in [1.54, 1.807) is 0 Å². The zero-order chi connectivity index (χ0) is 9.82. The molecule has 0 aromatic heterocycles. The molecule has 0 aromatic carbocycles. The predicted octanol–water partition coefficient (Wildman–Crippen LogP) is 5.35. The number of halogens is 3. The summed E-state index contributed by atoms with van der Waals surface area (Å²) in [6.45, 7) is 4.51. The third kappa shape index (κ3) is 30.7. The maximum atomic E-state index is 4.81. The Morgan fingerprint density at radius 1 is 0.750 bits per heavy atom. The van der Waals surface area contributed by atoms with Gasteiger partial charge in [0.05, 0.1) is 0 Å². The van der Waals surface area contributed by atoms with E-state index < -0.39 is 4.30 Å². The normalized spacial score (nSPS) is 9.50. The monoisotopic (exact) mass is 232 g/mol. The van der Waals surface area contributed by atoms with Crippen LogP contribution in [0.2, 0.25) is 0 Å². The van der Waals surface area contributed by atoms with Crippen LogP contribution in [0, 0.1) is 0 Å². The second-order valence-corrected chi connectivity index (χ2v) is 4.64. The highest BCUT2D eigenvalue weighted by atomic mass is 35.6. The third-order valence-corrected chi connectivity index (χ3v) is 1.46. The molecule has 0 rings (SSSR count). The minimum absolute atomic E-state index is 0.750. The van der Waals surface area contributed by atoms with Gasteiger partial charge < -0.3 is 0 Å². The summed E-state index contributed by atoms with van der Waals surface area (Å²) in [6, 6.07) is 0. The minimum Gasteiger partial charge on any atom is -0.0874 e. The van der Waals surface area contributed by atoms with Crippen molar-refractivity contribution in [2.24, 2.45) is 0 Å². The summed E-state index contributed by atoms with van der Waals surface area (Å²) in [5, 5.41) is 0. The van der Waals surface area contributed by atoms with Gasteiger partial charge in [-0.1, -0.05) is 87.2 Å². The zero-order valence-corrected chi connectivity index (χ0v) is 10.2. The van der Waals surface area contributed by atoms with Gasteiger partial charge in [-0.25, -0.2) is 0 Å². The van der Waals surface area contributed by atoms with Crippen molar-refractivity contribution in [2.45, 2.75) is 56.7 Å². The first-order chi connectivity index (χ1) is 5.65. The highest BCUT2D eigenvalue weighted by molar-refractivity contribution is 6.63. The Hall–Kier alpha value is 0.870. The largest absolute Gasteiger partial charge is 0.180 e. The van der Waals surface area contributed by atoms with Gasteiger partial charge in [0.15, 0.2) is 4.30 Å². The molecule has 3 heteroatoms. The lowest BCUT2D eigenvalue weighted by molar-refractivity contribution is 0.624. The third-order valence-electron chi connectivity index (χ3n) is 1.46. The molecule has 0 bridgehead atoms. The lowest BCUT2D eigenvalue weighted by atomic mass is 10.1. The van der Waals surface area contributed by atoms with Gasteiger partial charge >= 0.3 is 0 Å². The molecule has 0 atom stereocenters.